The highest BCUT2D eigenvalue weighted by Gasteiger charge is 2.17. The lowest BCUT2D eigenvalue weighted by Gasteiger charge is -2.19. The van der Waals surface area contributed by atoms with Crippen molar-refractivity contribution in [2.24, 2.45) is 0 Å². The van der Waals surface area contributed by atoms with E-state index < -0.39 is 12.0 Å². The van der Waals surface area contributed by atoms with E-state index in [2.05, 4.69) is 4.98 Å². The molecule has 0 aliphatic heterocycles. The van der Waals surface area contributed by atoms with Crippen LogP contribution in [0.5, 0.6) is 0 Å². The summed E-state index contributed by atoms with van der Waals surface area (Å²) in [4.78, 5) is 16.4. The van der Waals surface area contributed by atoms with Crippen molar-refractivity contribution in [3.63, 3.8) is 0 Å². The summed E-state index contributed by atoms with van der Waals surface area (Å²) in [7, 11) is 1.78. The predicted molar refractivity (Wildman–Crippen MR) is 50.7 cm³/mol. The third-order valence-electron chi connectivity index (χ3n) is 1.89. The van der Waals surface area contributed by atoms with Crippen molar-refractivity contribution >= 4 is 17.3 Å². The largest absolute Gasteiger partial charge is 0.480 e. The molecule has 0 aliphatic rings. The normalized spacial score (nSPS) is 13.2. The number of hydrogen-bond acceptors (Lipinski definition) is 4. The average molecular weight is 200 g/mol. The van der Waals surface area contributed by atoms with Gasteiger partial charge in [0.25, 0.3) is 0 Å². The highest BCUT2D eigenvalue weighted by Crippen LogP contribution is 2.08. The van der Waals surface area contributed by atoms with Crippen molar-refractivity contribution in [3.8, 4) is 0 Å². The number of likely N-dealkylation sites (N-methyl/N-ethyl adjacent to an activating group) is 1. The molecule has 1 heterocycles. The maximum atomic E-state index is 10.6. The summed E-state index contributed by atoms with van der Waals surface area (Å²) in [5, 5.41) is 11.5. The minimum Gasteiger partial charge on any atom is -0.480 e. The minimum atomic E-state index is -0.806. The minimum absolute atomic E-state index is 0.469. The van der Waals surface area contributed by atoms with Crippen LogP contribution in [0.1, 0.15) is 11.9 Å². The van der Waals surface area contributed by atoms with Crippen LogP contribution in [0.2, 0.25) is 0 Å². The lowest BCUT2D eigenvalue weighted by atomic mass is 10.3. The van der Waals surface area contributed by atoms with Crippen LogP contribution in [0, 0.1) is 0 Å². The zero-order valence-corrected chi connectivity index (χ0v) is 8.41. The van der Waals surface area contributed by atoms with E-state index >= 15 is 0 Å². The van der Waals surface area contributed by atoms with Crippen LogP contribution in [-0.4, -0.2) is 34.0 Å². The lowest BCUT2D eigenvalue weighted by Crippen LogP contribution is -2.35. The number of carbonyl (C=O) groups is 1. The van der Waals surface area contributed by atoms with E-state index in [1.165, 1.54) is 11.3 Å². The molecule has 0 fully saturated rings. The molecule has 1 unspecified atom stereocenters. The number of nitrogens with zero attached hydrogens (tertiary/aromatic N) is 2. The molecule has 0 spiro atoms. The van der Waals surface area contributed by atoms with Crippen LogP contribution in [-0.2, 0) is 11.3 Å². The number of thiazole rings is 1. The third-order valence-corrected chi connectivity index (χ3v) is 2.65. The van der Waals surface area contributed by atoms with Crippen LogP contribution in [0.15, 0.2) is 11.6 Å². The van der Waals surface area contributed by atoms with Crippen molar-refractivity contribution < 1.29 is 9.90 Å². The summed E-state index contributed by atoms with van der Waals surface area (Å²) in [6, 6.07) is -0.469. The molecular weight excluding hydrogens is 188 g/mol. The van der Waals surface area contributed by atoms with Gasteiger partial charge in [0.05, 0.1) is 6.54 Å². The number of rotatable bonds is 4. The van der Waals surface area contributed by atoms with Gasteiger partial charge >= 0.3 is 5.97 Å². The molecule has 1 atom stereocenters. The first-order chi connectivity index (χ1) is 6.11. The van der Waals surface area contributed by atoms with Crippen LogP contribution < -0.4 is 0 Å². The molecule has 72 valence electrons. The molecule has 0 saturated heterocycles. The van der Waals surface area contributed by atoms with Gasteiger partial charge < -0.3 is 5.11 Å². The van der Waals surface area contributed by atoms with Gasteiger partial charge in [0, 0.05) is 11.6 Å². The van der Waals surface area contributed by atoms with E-state index in [4.69, 9.17) is 5.11 Å². The molecule has 5 heteroatoms. The highest BCUT2D eigenvalue weighted by molar-refractivity contribution is 7.09. The molecule has 0 radical (unpaired) electrons. The number of carboxylic acid groups (broad SMARTS) is 1. The highest BCUT2D eigenvalue weighted by atomic mass is 32.1. The maximum absolute atomic E-state index is 10.6. The second kappa shape index (κ2) is 4.34. The fraction of sp³-hybridized carbons (Fsp3) is 0.500. The van der Waals surface area contributed by atoms with Crippen molar-refractivity contribution in [3.05, 3.63) is 16.6 Å². The Balaban J connectivity index is 2.50. The van der Waals surface area contributed by atoms with Gasteiger partial charge in [0.15, 0.2) is 0 Å². The molecule has 1 N–H and O–H groups in total. The summed E-state index contributed by atoms with van der Waals surface area (Å²) < 4.78 is 0. The first-order valence-corrected chi connectivity index (χ1v) is 4.80. The van der Waals surface area contributed by atoms with Gasteiger partial charge in [-0.1, -0.05) is 0 Å². The van der Waals surface area contributed by atoms with Crippen LogP contribution in [0.25, 0.3) is 0 Å². The van der Waals surface area contributed by atoms with Gasteiger partial charge in [-0.25, -0.2) is 4.98 Å². The molecular formula is C8H12N2O2S. The Hall–Kier alpha value is -0.940. The first kappa shape index (κ1) is 10.1. The van der Waals surface area contributed by atoms with Crippen molar-refractivity contribution in [2.75, 3.05) is 7.05 Å². The van der Waals surface area contributed by atoms with Crippen molar-refractivity contribution in [1.29, 1.82) is 0 Å². The van der Waals surface area contributed by atoms with Crippen LogP contribution in [0.4, 0.5) is 0 Å². The predicted octanol–water partition coefficient (Wildman–Crippen LogP) is 1.05. The summed E-state index contributed by atoms with van der Waals surface area (Å²) in [6.45, 7) is 2.25. The average Bonchev–Trinajstić information content (AvgIpc) is 2.55. The van der Waals surface area contributed by atoms with Gasteiger partial charge in [-0.05, 0) is 14.0 Å². The zero-order chi connectivity index (χ0) is 9.84. The Morgan fingerprint density at radius 2 is 2.54 bits per heavy atom. The van der Waals surface area contributed by atoms with Gasteiger partial charge in [-0.2, -0.15) is 0 Å². The number of aromatic nitrogens is 1. The second-order valence-corrected chi connectivity index (χ2v) is 3.83. The quantitative estimate of drug-likeness (QED) is 0.789. The van der Waals surface area contributed by atoms with Gasteiger partial charge in [-0.3, -0.25) is 9.69 Å². The summed E-state index contributed by atoms with van der Waals surface area (Å²) in [5.41, 5.74) is 0. The SMILES string of the molecule is CC(C(=O)O)N(C)Cc1nccs1. The maximum Gasteiger partial charge on any atom is 0.320 e. The molecule has 0 saturated carbocycles. The van der Waals surface area contributed by atoms with Gasteiger partial charge in [-0.15, -0.1) is 11.3 Å². The fourth-order valence-corrected chi connectivity index (χ4v) is 1.55. The van der Waals surface area contributed by atoms with E-state index in [0.29, 0.717) is 6.54 Å². The Labute approximate surface area is 80.8 Å². The molecule has 0 aromatic carbocycles. The molecule has 1 rings (SSSR count). The third kappa shape index (κ3) is 2.78. The molecule has 13 heavy (non-hydrogen) atoms. The summed E-state index contributed by atoms with van der Waals surface area (Å²) in [5.74, 6) is -0.806. The van der Waals surface area contributed by atoms with Crippen molar-refractivity contribution in [2.45, 2.75) is 19.5 Å². The Morgan fingerprint density at radius 1 is 1.85 bits per heavy atom. The van der Waals surface area contributed by atoms with Crippen molar-refractivity contribution in [1.82, 2.24) is 9.88 Å². The number of carboxylic acids is 1. The Kier molecular flexibility index (Phi) is 3.39. The Bertz CT molecular complexity index is 274. The fourth-order valence-electron chi connectivity index (χ4n) is 0.870. The van der Waals surface area contributed by atoms with Crippen LogP contribution in [0.3, 0.4) is 0 Å². The van der Waals surface area contributed by atoms with E-state index in [1.807, 2.05) is 5.38 Å². The van der Waals surface area contributed by atoms with E-state index in [-0.39, 0.29) is 0 Å². The number of hydrogen-bond donors (Lipinski definition) is 1. The molecule has 1 aromatic rings. The molecule has 0 aliphatic carbocycles. The molecule has 4 nitrogen and oxygen atoms in total. The summed E-state index contributed by atoms with van der Waals surface area (Å²) in [6.07, 6.45) is 1.72. The van der Waals surface area contributed by atoms with E-state index in [1.54, 1.807) is 25.1 Å². The van der Waals surface area contributed by atoms with E-state index in [9.17, 15) is 4.79 Å². The topological polar surface area (TPSA) is 53.4 Å². The smallest absolute Gasteiger partial charge is 0.320 e. The molecule has 0 amide bonds. The first-order valence-electron chi connectivity index (χ1n) is 3.92. The van der Waals surface area contributed by atoms with E-state index in [0.717, 1.165) is 5.01 Å². The van der Waals surface area contributed by atoms with Gasteiger partial charge in [0.1, 0.15) is 11.0 Å². The Morgan fingerprint density at radius 3 is 3.00 bits per heavy atom. The number of aliphatic carboxylic acids is 1. The second-order valence-electron chi connectivity index (χ2n) is 2.86. The molecule has 1 aromatic heterocycles. The van der Waals surface area contributed by atoms with Gasteiger partial charge in [0.2, 0.25) is 0 Å². The molecule has 0 bridgehead atoms. The zero-order valence-electron chi connectivity index (χ0n) is 7.60. The monoisotopic (exact) mass is 200 g/mol. The van der Waals surface area contributed by atoms with Crippen LogP contribution >= 0.6 is 11.3 Å². The standard InChI is InChI=1S/C8H12N2O2S/c1-6(8(11)12)10(2)5-7-9-3-4-13-7/h3-4,6H,5H2,1-2H3,(H,11,12). The lowest BCUT2D eigenvalue weighted by molar-refractivity contribution is -0.142. The summed E-state index contributed by atoms with van der Waals surface area (Å²) >= 11 is 1.53.